The van der Waals surface area contributed by atoms with Gasteiger partial charge in [-0.15, -0.1) is 0 Å². The number of nitrogens with zero attached hydrogens (tertiary/aromatic N) is 3. The summed E-state index contributed by atoms with van der Waals surface area (Å²) < 4.78 is 40.9. The standard InChI is InChI=1S/C24H27F3N4/c1-5-6-17-7-13-20(14-8-17)31(4)22-21(24(25,26)27)15-28-23(30-22)29-19-11-9-18(10-12-19)16(2)3/h7-16H,5-6H2,1-4H3,(H,28,29,30). The Kier molecular flexibility index (Phi) is 6.83. The molecular weight excluding hydrogens is 401 g/mol. The lowest BCUT2D eigenvalue weighted by atomic mass is 10.0. The highest BCUT2D eigenvalue weighted by molar-refractivity contribution is 5.65. The van der Waals surface area contributed by atoms with Crippen molar-refractivity contribution in [3.8, 4) is 0 Å². The average molecular weight is 429 g/mol. The molecule has 0 aliphatic rings. The van der Waals surface area contributed by atoms with E-state index >= 15 is 0 Å². The number of anilines is 4. The van der Waals surface area contributed by atoms with Gasteiger partial charge < -0.3 is 10.2 Å². The second-order valence-corrected chi connectivity index (χ2v) is 7.81. The minimum absolute atomic E-state index is 0.106. The molecule has 2 aromatic carbocycles. The third kappa shape index (κ3) is 5.54. The van der Waals surface area contributed by atoms with Gasteiger partial charge in [0.2, 0.25) is 5.95 Å². The molecule has 0 radical (unpaired) electrons. The lowest BCUT2D eigenvalue weighted by Crippen LogP contribution is -2.19. The fourth-order valence-corrected chi connectivity index (χ4v) is 3.27. The van der Waals surface area contributed by atoms with Crippen LogP contribution >= 0.6 is 0 Å². The third-order valence-corrected chi connectivity index (χ3v) is 5.09. The molecule has 3 aromatic rings. The zero-order valence-electron chi connectivity index (χ0n) is 18.2. The van der Waals surface area contributed by atoms with Gasteiger partial charge in [0.1, 0.15) is 5.56 Å². The molecule has 0 aliphatic heterocycles. The zero-order chi connectivity index (χ0) is 22.6. The van der Waals surface area contributed by atoms with Gasteiger partial charge in [-0.2, -0.15) is 18.2 Å². The second kappa shape index (κ2) is 9.37. The van der Waals surface area contributed by atoms with Crippen LogP contribution in [0.5, 0.6) is 0 Å². The van der Waals surface area contributed by atoms with Crippen LogP contribution in [0.25, 0.3) is 0 Å². The van der Waals surface area contributed by atoms with Gasteiger partial charge in [-0.1, -0.05) is 51.5 Å². The fourth-order valence-electron chi connectivity index (χ4n) is 3.27. The minimum atomic E-state index is -4.57. The van der Waals surface area contributed by atoms with Crippen molar-refractivity contribution in [1.82, 2.24) is 9.97 Å². The number of aromatic nitrogens is 2. The van der Waals surface area contributed by atoms with Crippen molar-refractivity contribution < 1.29 is 13.2 Å². The number of halogens is 3. The number of hydrogen-bond donors (Lipinski definition) is 1. The van der Waals surface area contributed by atoms with E-state index < -0.39 is 11.7 Å². The highest BCUT2D eigenvalue weighted by atomic mass is 19.4. The predicted molar refractivity (Wildman–Crippen MR) is 119 cm³/mol. The molecule has 0 fully saturated rings. The summed E-state index contributed by atoms with van der Waals surface area (Å²) in [6.45, 7) is 6.28. The molecule has 4 nitrogen and oxygen atoms in total. The summed E-state index contributed by atoms with van der Waals surface area (Å²) in [5, 5.41) is 3.01. The summed E-state index contributed by atoms with van der Waals surface area (Å²) in [6.07, 6.45) is -1.81. The van der Waals surface area contributed by atoms with Crippen LogP contribution in [0.4, 0.5) is 36.3 Å². The molecule has 0 saturated heterocycles. The van der Waals surface area contributed by atoms with Crippen LogP contribution in [0.3, 0.4) is 0 Å². The summed E-state index contributed by atoms with van der Waals surface area (Å²) in [5.74, 6) is 0.294. The Labute approximate surface area is 181 Å². The minimum Gasteiger partial charge on any atom is -0.329 e. The van der Waals surface area contributed by atoms with E-state index in [4.69, 9.17) is 0 Å². The van der Waals surface area contributed by atoms with Crippen molar-refractivity contribution in [1.29, 1.82) is 0 Å². The molecule has 0 bridgehead atoms. The highest BCUT2D eigenvalue weighted by Crippen LogP contribution is 2.37. The lowest BCUT2D eigenvalue weighted by Gasteiger charge is -2.23. The number of nitrogens with one attached hydrogen (secondary N) is 1. The average Bonchev–Trinajstić information content (AvgIpc) is 2.73. The normalized spacial score (nSPS) is 11.6. The van der Waals surface area contributed by atoms with Gasteiger partial charge in [0.15, 0.2) is 5.82 Å². The van der Waals surface area contributed by atoms with Gasteiger partial charge in [-0.25, -0.2) is 4.98 Å². The maximum absolute atomic E-state index is 13.6. The summed E-state index contributed by atoms with van der Waals surface area (Å²) in [4.78, 5) is 9.55. The maximum atomic E-state index is 13.6. The zero-order valence-corrected chi connectivity index (χ0v) is 18.2. The van der Waals surface area contributed by atoms with Crippen LogP contribution < -0.4 is 10.2 Å². The van der Waals surface area contributed by atoms with Crippen molar-refractivity contribution in [2.75, 3.05) is 17.3 Å². The van der Waals surface area contributed by atoms with E-state index in [9.17, 15) is 13.2 Å². The number of rotatable bonds is 7. The van der Waals surface area contributed by atoms with Gasteiger partial charge >= 0.3 is 6.18 Å². The Bertz CT molecular complexity index is 997. The molecule has 1 N–H and O–H groups in total. The first-order valence-corrected chi connectivity index (χ1v) is 10.3. The Balaban J connectivity index is 1.93. The quantitative estimate of drug-likeness (QED) is 0.436. The first kappa shape index (κ1) is 22.6. The topological polar surface area (TPSA) is 41.1 Å². The summed E-state index contributed by atoms with van der Waals surface area (Å²) in [7, 11) is 1.58. The van der Waals surface area contributed by atoms with Crippen LogP contribution in [-0.2, 0) is 12.6 Å². The molecule has 0 saturated carbocycles. The van der Waals surface area contributed by atoms with Crippen molar-refractivity contribution in [3.05, 3.63) is 71.4 Å². The first-order chi connectivity index (χ1) is 14.7. The van der Waals surface area contributed by atoms with Crippen molar-refractivity contribution in [2.45, 2.75) is 45.7 Å². The van der Waals surface area contributed by atoms with E-state index in [1.54, 1.807) is 7.05 Å². The van der Waals surface area contributed by atoms with Gasteiger partial charge in [-0.3, -0.25) is 0 Å². The Morgan fingerprint density at radius 3 is 2.19 bits per heavy atom. The molecule has 0 spiro atoms. The lowest BCUT2D eigenvalue weighted by molar-refractivity contribution is -0.137. The van der Waals surface area contributed by atoms with Crippen LogP contribution in [0.1, 0.15) is 49.8 Å². The van der Waals surface area contributed by atoms with E-state index in [1.807, 2.05) is 48.5 Å². The first-order valence-electron chi connectivity index (χ1n) is 10.3. The molecule has 164 valence electrons. The largest absolute Gasteiger partial charge is 0.421 e. The van der Waals surface area contributed by atoms with E-state index in [-0.39, 0.29) is 11.8 Å². The van der Waals surface area contributed by atoms with Gasteiger partial charge in [-0.05, 0) is 47.7 Å². The monoisotopic (exact) mass is 428 g/mol. The molecule has 1 aromatic heterocycles. The summed E-state index contributed by atoms with van der Waals surface area (Å²) in [5.41, 5.74) is 2.77. The fraction of sp³-hybridized carbons (Fsp3) is 0.333. The highest BCUT2D eigenvalue weighted by Gasteiger charge is 2.36. The van der Waals surface area contributed by atoms with Gasteiger partial charge in [0, 0.05) is 24.6 Å². The van der Waals surface area contributed by atoms with E-state index in [1.165, 1.54) is 10.5 Å². The Hall–Kier alpha value is -3.09. The summed E-state index contributed by atoms with van der Waals surface area (Å²) in [6, 6.07) is 15.2. The summed E-state index contributed by atoms with van der Waals surface area (Å²) >= 11 is 0. The molecule has 31 heavy (non-hydrogen) atoms. The van der Waals surface area contributed by atoms with E-state index in [2.05, 4.69) is 36.1 Å². The molecule has 1 heterocycles. The van der Waals surface area contributed by atoms with E-state index in [0.29, 0.717) is 17.3 Å². The van der Waals surface area contributed by atoms with Gasteiger partial charge in [0.05, 0.1) is 0 Å². The predicted octanol–water partition coefficient (Wildman–Crippen LogP) is 7.08. The number of alkyl halides is 3. The van der Waals surface area contributed by atoms with Gasteiger partial charge in [0.25, 0.3) is 0 Å². The number of hydrogen-bond acceptors (Lipinski definition) is 4. The molecule has 7 heteroatoms. The third-order valence-electron chi connectivity index (χ3n) is 5.09. The van der Waals surface area contributed by atoms with Crippen LogP contribution in [0, 0.1) is 0 Å². The molecule has 0 atom stereocenters. The van der Waals surface area contributed by atoms with E-state index in [0.717, 1.165) is 24.6 Å². The van der Waals surface area contributed by atoms with Crippen molar-refractivity contribution in [3.63, 3.8) is 0 Å². The number of aryl methyl sites for hydroxylation is 1. The molecular formula is C24H27F3N4. The molecule has 0 aliphatic carbocycles. The second-order valence-electron chi connectivity index (χ2n) is 7.81. The van der Waals surface area contributed by atoms with Crippen molar-refractivity contribution >= 4 is 23.1 Å². The molecule has 3 rings (SSSR count). The Morgan fingerprint density at radius 1 is 1.00 bits per heavy atom. The smallest absolute Gasteiger partial charge is 0.329 e. The van der Waals surface area contributed by atoms with Crippen molar-refractivity contribution in [2.24, 2.45) is 0 Å². The van der Waals surface area contributed by atoms with Crippen LogP contribution in [-0.4, -0.2) is 17.0 Å². The maximum Gasteiger partial charge on any atom is 0.421 e. The SMILES string of the molecule is CCCc1ccc(N(C)c2nc(Nc3ccc(C(C)C)cc3)ncc2C(F)(F)F)cc1. The van der Waals surface area contributed by atoms with Crippen LogP contribution in [0.2, 0.25) is 0 Å². The number of benzene rings is 2. The Morgan fingerprint density at radius 2 is 1.65 bits per heavy atom. The molecule has 0 unspecified atom stereocenters. The van der Waals surface area contributed by atoms with Crippen LogP contribution in [0.15, 0.2) is 54.7 Å². The molecule has 0 amide bonds.